The van der Waals surface area contributed by atoms with E-state index >= 15 is 0 Å². The number of rotatable bonds is 2. The normalized spacial score (nSPS) is 8.53. The number of carbonyl (C=O) groups excluding carboxylic acids is 1. The molecule has 0 saturated carbocycles. The fourth-order valence-electron chi connectivity index (χ4n) is 1.01. The maximum absolute atomic E-state index is 11.2. The Labute approximate surface area is 97.2 Å². The van der Waals surface area contributed by atoms with Crippen LogP contribution in [0.1, 0.15) is 15.9 Å². The number of hydrogen-bond acceptors (Lipinski definition) is 5. The summed E-state index contributed by atoms with van der Waals surface area (Å²) < 4.78 is 4.54. The molecule has 7 heteroatoms. The van der Waals surface area contributed by atoms with Crippen LogP contribution in [-0.4, -0.2) is 24.6 Å². The molecule has 1 heterocycles. The maximum Gasteiger partial charge on any atom is 0.339 e. The number of nitrogens with two attached hydrogens (primary N) is 1. The highest BCUT2D eigenvalue weighted by molar-refractivity contribution is 5.89. The van der Waals surface area contributed by atoms with E-state index in [2.05, 4.69) is 31.6 Å². The minimum Gasteiger partial charge on any atom is -0.465 e. The van der Waals surface area contributed by atoms with Crippen LogP contribution in [0.4, 0.5) is 5.82 Å². The summed E-state index contributed by atoms with van der Waals surface area (Å²) in [7, 11) is 1.27. The lowest BCUT2D eigenvalue weighted by molar-refractivity contribution is 0.0600. The Balaban J connectivity index is 3.00. The molecule has 0 amide bonds. The van der Waals surface area contributed by atoms with Crippen LogP contribution in [0.3, 0.4) is 0 Å². The first kappa shape index (κ1) is 12.4. The van der Waals surface area contributed by atoms with Crippen molar-refractivity contribution in [3.8, 4) is 11.8 Å². The van der Waals surface area contributed by atoms with Gasteiger partial charge in [0.1, 0.15) is 5.82 Å². The lowest BCUT2D eigenvalue weighted by atomic mass is 10.2. The van der Waals surface area contributed by atoms with Gasteiger partial charge in [-0.3, -0.25) is 0 Å². The maximum atomic E-state index is 11.2. The summed E-state index contributed by atoms with van der Waals surface area (Å²) in [5.74, 6) is 4.92. The third-order valence-corrected chi connectivity index (χ3v) is 1.78. The van der Waals surface area contributed by atoms with Crippen molar-refractivity contribution < 1.29 is 9.53 Å². The molecule has 1 aromatic rings. The van der Waals surface area contributed by atoms with Crippen LogP contribution in [-0.2, 0) is 4.74 Å². The second-order valence-corrected chi connectivity index (χ2v) is 2.84. The highest BCUT2D eigenvalue weighted by Gasteiger charge is 2.07. The average molecular weight is 231 g/mol. The number of ether oxygens (including phenoxy) is 1. The number of anilines is 1. The van der Waals surface area contributed by atoms with E-state index < -0.39 is 5.97 Å². The molecule has 0 atom stereocenters. The Hall–Kier alpha value is -2.71. The minimum absolute atomic E-state index is 0.0262. The molecule has 1 aromatic heterocycles. The van der Waals surface area contributed by atoms with Crippen molar-refractivity contribution in [1.82, 2.24) is 4.98 Å². The van der Waals surface area contributed by atoms with Gasteiger partial charge in [-0.1, -0.05) is 17.0 Å². The van der Waals surface area contributed by atoms with E-state index in [0.29, 0.717) is 5.56 Å². The first-order valence-electron chi connectivity index (χ1n) is 4.52. The third kappa shape index (κ3) is 3.41. The molecule has 0 aliphatic heterocycles. The van der Waals surface area contributed by atoms with E-state index in [4.69, 9.17) is 11.3 Å². The van der Waals surface area contributed by atoms with Gasteiger partial charge in [0.2, 0.25) is 0 Å². The summed E-state index contributed by atoms with van der Waals surface area (Å²) in [6.07, 6.45) is 1.31. The average Bonchev–Trinajstić information content (AvgIpc) is 2.35. The SMILES string of the molecule is COC(=O)c1cnc(N)c(C#CCN=[N+]=[N-])c1. The van der Waals surface area contributed by atoms with Crippen LogP contribution >= 0.6 is 0 Å². The summed E-state index contributed by atoms with van der Waals surface area (Å²) in [5.41, 5.74) is 14.3. The van der Waals surface area contributed by atoms with Gasteiger partial charge in [0, 0.05) is 11.1 Å². The molecule has 0 aliphatic carbocycles. The van der Waals surface area contributed by atoms with Gasteiger partial charge in [-0.05, 0) is 11.6 Å². The summed E-state index contributed by atoms with van der Waals surface area (Å²) >= 11 is 0. The van der Waals surface area contributed by atoms with Crippen LogP contribution < -0.4 is 5.73 Å². The number of hydrogen-bond donors (Lipinski definition) is 1. The van der Waals surface area contributed by atoms with Crippen LogP contribution in [0.2, 0.25) is 0 Å². The van der Waals surface area contributed by atoms with Crippen molar-refractivity contribution in [3.63, 3.8) is 0 Å². The zero-order valence-electron chi connectivity index (χ0n) is 9.04. The molecule has 1 rings (SSSR count). The van der Waals surface area contributed by atoms with Crippen LogP contribution in [0.5, 0.6) is 0 Å². The second kappa shape index (κ2) is 6.00. The summed E-state index contributed by atoms with van der Waals surface area (Å²) in [6, 6.07) is 1.47. The summed E-state index contributed by atoms with van der Waals surface area (Å²) in [5, 5.41) is 3.24. The van der Waals surface area contributed by atoms with Gasteiger partial charge in [0.25, 0.3) is 0 Å². The standard InChI is InChI=1S/C10H9N5O2/c1-17-10(16)8-5-7(9(11)13-6-8)3-2-4-14-15-12/h5-6H,4H2,1H3,(H2,11,13). The highest BCUT2D eigenvalue weighted by Crippen LogP contribution is 2.10. The minimum atomic E-state index is -0.518. The van der Waals surface area contributed by atoms with E-state index in [-0.39, 0.29) is 17.9 Å². The number of pyridine rings is 1. The molecule has 0 aliphatic rings. The van der Waals surface area contributed by atoms with Gasteiger partial charge < -0.3 is 10.5 Å². The molecule has 0 unspecified atom stereocenters. The summed E-state index contributed by atoms with van der Waals surface area (Å²) in [4.78, 5) is 17.6. The first-order valence-corrected chi connectivity index (χ1v) is 4.52. The smallest absolute Gasteiger partial charge is 0.339 e. The van der Waals surface area contributed by atoms with E-state index in [1.807, 2.05) is 0 Å². The Morgan fingerprint density at radius 2 is 2.53 bits per heavy atom. The fourth-order valence-corrected chi connectivity index (χ4v) is 1.01. The Morgan fingerprint density at radius 3 is 3.18 bits per heavy atom. The van der Waals surface area contributed by atoms with E-state index in [1.165, 1.54) is 19.4 Å². The number of azide groups is 1. The van der Waals surface area contributed by atoms with Gasteiger partial charge in [0.05, 0.1) is 24.8 Å². The molecule has 2 N–H and O–H groups in total. The van der Waals surface area contributed by atoms with Crippen LogP contribution in [0.25, 0.3) is 10.4 Å². The van der Waals surface area contributed by atoms with Gasteiger partial charge in [-0.25, -0.2) is 9.78 Å². The van der Waals surface area contributed by atoms with E-state index in [9.17, 15) is 4.79 Å². The molecular weight excluding hydrogens is 222 g/mol. The molecule has 0 aromatic carbocycles. The zero-order valence-corrected chi connectivity index (χ0v) is 9.04. The highest BCUT2D eigenvalue weighted by atomic mass is 16.5. The lowest BCUT2D eigenvalue weighted by Gasteiger charge is -2.01. The van der Waals surface area contributed by atoms with Crippen molar-refractivity contribution in [2.24, 2.45) is 5.11 Å². The molecule has 0 radical (unpaired) electrons. The molecular formula is C10H9N5O2. The number of aromatic nitrogens is 1. The predicted octanol–water partition coefficient (Wildman–Crippen LogP) is 1.11. The van der Waals surface area contributed by atoms with E-state index in [1.54, 1.807) is 0 Å². The van der Waals surface area contributed by atoms with Gasteiger partial charge >= 0.3 is 5.97 Å². The van der Waals surface area contributed by atoms with Gasteiger partial charge in [-0.15, -0.1) is 0 Å². The van der Waals surface area contributed by atoms with Gasteiger partial charge in [-0.2, -0.15) is 0 Å². The third-order valence-electron chi connectivity index (χ3n) is 1.78. The van der Waals surface area contributed by atoms with Gasteiger partial charge in [0.15, 0.2) is 0 Å². The molecule has 0 bridgehead atoms. The number of methoxy groups -OCH3 is 1. The Bertz CT molecular complexity index is 537. The molecule has 0 saturated heterocycles. The molecule has 0 spiro atoms. The lowest BCUT2D eigenvalue weighted by Crippen LogP contribution is -2.04. The molecule has 86 valence electrons. The quantitative estimate of drug-likeness (QED) is 0.270. The van der Waals surface area contributed by atoms with Crippen molar-refractivity contribution >= 4 is 11.8 Å². The Kier molecular flexibility index (Phi) is 4.36. The first-order chi connectivity index (χ1) is 8.19. The zero-order chi connectivity index (χ0) is 12.7. The molecule has 7 nitrogen and oxygen atoms in total. The van der Waals surface area contributed by atoms with Crippen molar-refractivity contribution in [3.05, 3.63) is 33.8 Å². The molecule has 0 fully saturated rings. The Morgan fingerprint density at radius 1 is 1.76 bits per heavy atom. The fraction of sp³-hybridized carbons (Fsp3) is 0.200. The van der Waals surface area contributed by atoms with Crippen molar-refractivity contribution in [2.75, 3.05) is 19.4 Å². The predicted molar refractivity (Wildman–Crippen MR) is 60.9 cm³/mol. The topological polar surface area (TPSA) is 114 Å². The second-order valence-electron chi connectivity index (χ2n) is 2.84. The summed E-state index contributed by atoms with van der Waals surface area (Å²) in [6.45, 7) is 0.0262. The monoisotopic (exact) mass is 231 g/mol. The van der Waals surface area contributed by atoms with Crippen molar-refractivity contribution in [2.45, 2.75) is 0 Å². The van der Waals surface area contributed by atoms with Crippen molar-refractivity contribution in [1.29, 1.82) is 0 Å². The largest absolute Gasteiger partial charge is 0.465 e. The van der Waals surface area contributed by atoms with E-state index in [0.717, 1.165) is 0 Å². The molecule has 17 heavy (non-hydrogen) atoms. The number of carbonyl (C=O) groups is 1. The van der Waals surface area contributed by atoms with Crippen LogP contribution in [0.15, 0.2) is 17.4 Å². The number of esters is 1. The number of nitrogen functional groups attached to an aromatic ring is 1. The van der Waals surface area contributed by atoms with Crippen LogP contribution in [0, 0.1) is 11.8 Å². The number of nitrogens with zero attached hydrogens (tertiary/aromatic N) is 4.